The Morgan fingerprint density at radius 1 is 0.348 bits per heavy atom. The second-order valence-electron chi connectivity index (χ2n) is 13.8. The molecule has 0 aromatic carbocycles. The highest BCUT2D eigenvalue weighted by atomic mass is 16.4. The van der Waals surface area contributed by atoms with Crippen LogP contribution in [0.4, 0.5) is 0 Å². The fourth-order valence-electron chi connectivity index (χ4n) is 5.14. The third-order valence-electron chi connectivity index (χ3n) is 8.44. The summed E-state index contributed by atoms with van der Waals surface area (Å²) in [6, 6.07) is -16.3. The van der Waals surface area contributed by atoms with Crippen molar-refractivity contribution in [1.29, 1.82) is 0 Å². The van der Waals surface area contributed by atoms with Crippen molar-refractivity contribution in [2.24, 2.45) is 11.5 Å². The van der Waals surface area contributed by atoms with Crippen molar-refractivity contribution < 1.29 is 113 Å². The van der Waals surface area contributed by atoms with Gasteiger partial charge in [-0.1, -0.05) is 0 Å². The smallest absolute Gasteiger partial charge is 0.326 e. The number of hydrogen-bond acceptors (Lipinski definition) is 17. The lowest BCUT2D eigenvalue weighted by Crippen LogP contribution is -2.61. The predicted octanol–water partition coefficient (Wildman–Crippen LogP) is -8.32. The normalized spacial score (nSPS) is 14.3. The van der Waals surface area contributed by atoms with Gasteiger partial charge in [-0.3, -0.25) is 67.1 Å². The highest BCUT2D eigenvalue weighted by Gasteiger charge is 2.36. The molecule has 0 aliphatic rings. The van der Waals surface area contributed by atoms with E-state index in [0.717, 1.165) is 0 Å². The van der Waals surface area contributed by atoms with E-state index in [1.807, 2.05) is 31.9 Å². The van der Waals surface area contributed by atoms with Gasteiger partial charge in [0.1, 0.15) is 42.3 Å². The number of primary amides is 1. The monoisotopic (exact) mass is 951 g/mol. The van der Waals surface area contributed by atoms with E-state index in [1.54, 1.807) is 5.32 Å². The number of nitrogens with one attached hydrogen (secondary N) is 7. The van der Waals surface area contributed by atoms with Crippen LogP contribution in [0, 0.1) is 0 Å². The predicted molar refractivity (Wildman–Crippen MR) is 207 cm³/mol. The molecule has 0 aromatic rings. The van der Waals surface area contributed by atoms with Crippen LogP contribution in [-0.2, 0) is 71.9 Å². The zero-order valence-corrected chi connectivity index (χ0v) is 34.3. The minimum absolute atomic E-state index is 0.469. The van der Waals surface area contributed by atoms with Crippen LogP contribution < -0.4 is 48.7 Å². The number of hydrogen-bond donors (Lipinski definition) is 17. The molecule has 0 fully saturated rings. The molecule has 0 heterocycles. The van der Waals surface area contributed by atoms with Crippen molar-refractivity contribution in [3.63, 3.8) is 0 Å². The maximum Gasteiger partial charge on any atom is 0.326 e. The first-order valence-electron chi connectivity index (χ1n) is 18.9. The van der Waals surface area contributed by atoms with Crippen molar-refractivity contribution in [3.8, 4) is 0 Å². The molecule has 0 saturated carbocycles. The number of carboxylic acids is 7. The van der Waals surface area contributed by atoms with Gasteiger partial charge in [0.25, 0.3) is 0 Å². The summed E-state index contributed by atoms with van der Waals surface area (Å²) >= 11 is 0. The summed E-state index contributed by atoms with van der Waals surface area (Å²) in [5.74, 6) is -23.1. The van der Waals surface area contributed by atoms with Gasteiger partial charge < -0.3 is 89.5 Å². The van der Waals surface area contributed by atoms with Crippen LogP contribution in [0.3, 0.4) is 0 Å². The molecule has 0 aliphatic carbocycles. The third-order valence-corrected chi connectivity index (χ3v) is 8.44. The number of amides is 8. The van der Waals surface area contributed by atoms with E-state index < -0.39 is 208 Å². The Kier molecular flexibility index (Phi) is 25.1. The quantitative estimate of drug-likeness (QED) is 0.0290. The van der Waals surface area contributed by atoms with E-state index in [2.05, 4.69) is 0 Å². The van der Waals surface area contributed by atoms with Crippen LogP contribution in [0.2, 0.25) is 0 Å². The first kappa shape index (κ1) is 58.0. The van der Waals surface area contributed by atoms with E-state index in [4.69, 9.17) is 21.7 Å². The molecular weight excluding hydrogens is 902 g/mol. The Bertz CT molecular complexity index is 1890. The Morgan fingerprint density at radius 3 is 0.924 bits per heavy atom. The minimum Gasteiger partial charge on any atom is -0.481 e. The maximum atomic E-state index is 13.4. The van der Waals surface area contributed by atoms with E-state index in [9.17, 15) is 103 Å². The SMILES string of the molecule is NC(=O)C[C@H](NC(=O)[C@H](CCC(=O)O)NC(=O)[C@H](CCC(=O)O)NC(=O)[C@H](CC(=O)O)NC(=O)[C@H](CO)NC(=O)[C@H](CC(=O)O)NC(=O)[C@H](CC(=O)O)NC(=O)[C@@H](N)CCC(=O)O)C(=O)O. The lowest BCUT2D eigenvalue weighted by Gasteiger charge is -2.26. The van der Waals surface area contributed by atoms with Gasteiger partial charge >= 0.3 is 41.8 Å². The number of rotatable bonds is 33. The average molecular weight is 952 g/mol. The van der Waals surface area contributed by atoms with Crippen molar-refractivity contribution >= 4 is 89.0 Å². The molecule has 0 spiro atoms. The molecule has 19 N–H and O–H groups in total. The van der Waals surface area contributed by atoms with E-state index >= 15 is 0 Å². The Morgan fingerprint density at radius 2 is 0.621 bits per heavy atom. The van der Waals surface area contributed by atoms with Gasteiger partial charge in [0, 0.05) is 19.3 Å². The lowest BCUT2D eigenvalue weighted by atomic mass is 10.1. The number of aliphatic carboxylic acids is 7. The molecule has 0 rings (SSSR count). The van der Waals surface area contributed by atoms with Gasteiger partial charge in [-0.2, -0.15) is 0 Å². The lowest BCUT2D eigenvalue weighted by molar-refractivity contribution is -0.144. The van der Waals surface area contributed by atoms with Crippen LogP contribution in [0.25, 0.3) is 0 Å². The van der Waals surface area contributed by atoms with Crippen molar-refractivity contribution in [3.05, 3.63) is 0 Å². The Hall–Kier alpha value is -8.03. The van der Waals surface area contributed by atoms with Gasteiger partial charge in [-0.05, 0) is 19.3 Å². The fraction of sp³-hybridized carbons (Fsp3) is 0.559. The zero-order valence-electron chi connectivity index (χ0n) is 34.3. The summed E-state index contributed by atoms with van der Waals surface area (Å²) in [5.41, 5.74) is 10.5. The molecule has 32 heteroatoms. The van der Waals surface area contributed by atoms with E-state index in [1.165, 1.54) is 0 Å². The average Bonchev–Trinajstić information content (AvgIpc) is 3.19. The second kappa shape index (κ2) is 28.6. The number of carboxylic acid groups (broad SMARTS) is 7. The number of aliphatic hydroxyl groups excluding tert-OH is 1. The van der Waals surface area contributed by atoms with Gasteiger partial charge in [-0.15, -0.1) is 0 Å². The summed E-state index contributed by atoms with van der Waals surface area (Å²) in [6.45, 7) is -1.40. The van der Waals surface area contributed by atoms with Gasteiger partial charge in [0.15, 0.2) is 0 Å². The molecule has 66 heavy (non-hydrogen) atoms. The van der Waals surface area contributed by atoms with Crippen molar-refractivity contribution in [1.82, 2.24) is 37.2 Å². The first-order chi connectivity index (χ1) is 30.6. The number of nitrogens with two attached hydrogens (primary N) is 2. The largest absolute Gasteiger partial charge is 0.481 e. The Labute approximate surface area is 369 Å². The summed E-state index contributed by atoms with van der Waals surface area (Å²) in [7, 11) is 0. The third kappa shape index (κ3) is 23.4. The molecule has 0 radical (unpaired) electrons. The molecule has 8 atom stereocenters. The van der Waals surface area contributed by atoms with Crippen LogP contribution in [0.5, 0.6) is 0 Å². The van der Waals surface area contributed by atoms with Gasteiger partial charge in [0.05, 0.1) is 38.3 Å². The summed E-state index contributed by atoms with van der Waals surface area (Å²) in [6.07, 6.45) is -9.25. The molecule has 0 saturated heterocycles. The van der Waals surface area contributed by atoms with Crippen LogP contribution in [0.1, 0.15) is 64.2 Å². The number of aliphatic hydroxyl groups is 1. The molecule has 368 valence electrons. The zero-order chi connectivity index (χ0) is 51.0. The highest BCUT2D eigenvalue weighted by Crippen LogP contribution is 2.07. The molecular formula is C34H49N9O23. The molecule has 0 aliphatic heterocycles. The highest BCUT2D eigenvalue weighted by molar-refractivity contribution is 6.00. The molecule has 8 amide bonds. The standard InChI is InChI=1S/C34H49N9O23/c35-12(1-4-21(46)47)27(58)39-15(8-24(52)53)31(62)40-17(10-26(56)57)32(63)43-19(11-44)33(64)41-16(9-25(54)55)30(61)38-13(2-5-22(48)49)28(59)37-14(3-6-23(50)51)29(60)42-18(34(65)66)7-20(36)45/h12-19,44H,1-11,35H2,(H2,36,45)(H,37,59)(H,38,61)(H,39,58)(H,40,62)(H,41,64)(H,42,60)(H,43,63)(H,46,47)(H,48,49)(H,50,51)(H,52,53)(H,54,55)(H,56,57)(H,65,66)/t12-,13-,14-,15-,16-,17-,18-,19-/m0/s1. The van der Waals surface area contributed by atoms with Crippen molar-refractivity contribution in [2.45, 2.75) is 113 Å². The summed E-state index contributed by atoms with van der Waals surface area (Å²) in [4.78, 5) is 183. The molecule has 0 bridgehead atoms. The first-order valence-corrected chi connectivity index (χ1v) is 18.9. The Balaban J connectivity index is 6.45. The topological polar surface area (TPSA) is 554 Å². The van der Waals surface area contributed by atoms with E-state index in [-0.39, 0.29) is 0 Å². The fourth-order valence-corrected chi connectivity index (χ4v) is 5.14. The van der Waals surface area contributed by atoms with Gasteiger partial charge in [-0.25, -0.2) is 4.79 Å². The van der Waals surface area contributed by atoms with Crippen LogP contribution >= 0.6 is 0 Å². The van der Waals surface area contributed by atoms with Crippen molar-refractivity contribution in [2.75, 3.05) is 6.61 Å². The summed E-state index contributed by atoms with van der Waals surface area (Å²) in [5, 5.41) is 87.6. The summed E-state index contributed by atoms with van der Waals surface area (Å²) < 4.78 is 0. The van der Waals surface area contributed by atoms with Gasteiger partial charge in [0.2, 0.25) is 47.3 Å². The van der Waals surface area contributed by atoms with Crippen LogP contribution in [-0.4, -0.2) is 185 Å². The van der Waals surface area contributed by atoms with Crippen LogP contribution in [0.15, 0.2) is 0 Å². The second-order valence-corrected chi connectivity index (χ2v) is 13.8. The molecule has 32 nitrogen and oxygen atoms in total. The maximum absolute atomic E-state index is 13.4. The number of carbonyl (C=O) groups is 15. The number of carbonyl (C=O) groups excluding carboxylic acids is 8. The minimum atomic E-state index is -2.27. The molecule has 0 unspecified atom stereocenters. The van der Waals surface area contributed by atoms with E-state index in [0.29, 0.717) is 0 Å². The molecule has 0 aromatic heterocycles.